The van der Waals surface area contributed by atoms with E-state index in [1.165, 1.54) is 6.26 Å². The molecule has 0 aromatic heterocycles. The number of carbonyl (C=O) groups is 1. The number of halogens is 2. The molecule has 206 valence electrons. The predicted molar refractivity (Wildman–Crippen MR) is 153 cm³/mol. The lowest BCUT2D eigenvalue weighted by Gasteiger charge is -2.46. The van der Waals surface area contributed by atoms with Gasteiger partial charge in [0, 0.05) is 37.2 Å². The van der Waals surface area contributed by atoms with Crippen LogP contribution in [-0.4, -0.2) is 80.5 Å². The fourth-order valence-corrected chi connectivity index (χ4v) is 7.76. The van der Waals surface area contributed by atoms with E-state index in [1.807, 2.05) is 47.4 Å². The average molecular weight is 579 g/mol. The molecule has 0 aliphatic carbocycles. The molecule has 2 aromatic carbocycles. The van der Waals surface area contributed by atoms with E-state index in [4.69, 9.17) is 23.2 Å². The Labute approximate surface area is 236 Å². The molecule has 6 nitrogen and oxygen atoms in total. The topological polar surface area (TPSA) is 60.9 Å². The van der Waals surface area contributed by atoms with Crippen molar-refractivity contribution in [2.45, 2.75) is 37.5 Å². The molecule has 1 amide bonds. The van der Waals surface area contributed by atoms with Crippen molar-refractivity contribution in [3.05, 3.63) is 69.7 Å². The molecular weight excluding hydrogens is 541 g/mol. The lowest BCUT2D eigenvalue weighted by Crippen LogP contribution is -2.54. The summed E-state index contributed by atoms with van der Waals surface area (Å²) in [5.41, 5.74) is 1.70. The lowest BCUT2D eigenvalue weighted by molar-refractivity contribution is 0.0563. The van der Waals surface area contributed by atoms with Gasteiger partial charge in [0.05, 0.1) is 16.3 Å². The summed E-state index contributed by atoms with van der Waals surface area (Å²) in [6.45, 7) is 5.80. The van der Waals surface area contributed by atoms with Crippen LogP contribution in [0.4, 0.5) is 0 Å². The zero-order valence-electron chi connectivity index (χ0n) is 22.0. The third-order valence-electron chi connectivity index (χ3n) is 8.97. The number of hydrogen-bond donors (Lipinski definition) is 0. The van der Waals surface area contributed by atoms with Crippen LogP contribution in [0.2, 0.25) is 10.0 Å². The van der Waals surface area contributed by atoms with E-state index < -0.39 is 10.0 Å². The Kier molecular flexibility index (Phi) is 8.42. The minimum atomic E-state index is -3.06. The predicted octanol–water partition coefficient (Wildman–Crippen LogP) is 5.16. The Morgan fingerprint density at radius 2 is 1.68 bits per heavy atom. The molecule has 3 heterocycles. The van der Waals surface area contributed by atoms with E-state index in [9.17, 15) is 13.2 Å². The second kappa shape index (κ2) is 11.5. The van der Waals surface area contributed by atoms with Crippen molar-refractivity contribution in [2.24, 2.45) is 11.8 Å². The van der Waals surface area contributed by atoms with E-state index in [2.05, 4.69) is 11.0 Å². The van der Waals surface area contributed by atoms with Crippen molar-refractivity contribution in [3.8, 4) is 0 Å². The van der Waals surface area contributed by atoms with Gasteiger partial charge in [-0.1, -0.05) is 47.5 Å². The van der Waals surface area contributed by atoms with Gasteiger partial charge in [-0.25, -0.2) is 12.7 Å². The van der Waals surface area contributed by atoms with E-state index >= 15 is 0 Å². The van der Waals surface area contributed by atoms with Crippen molar-refractivity contribution < 1.29 is 13.2 Å². The van der Waals surface area contributed by atoms with Gasteiger partial charge >= 0.3 is 0 Å². The molecule has 38 heavy (non-hydrogen) atoms. The molecule has 5 rings (SSSR count). The van der Waals surface area contributed by atoms with Gasteiger partial charge in [-0.3, -0.25) is 4.79 Å². The molecule has 9 heteroatoms. The molecule has 1 unspecified atom stereocenters. The van der Waals surface area contributed by atoms with Crippen LogP contribution in [0, 0.1) is 11.8 Å². The van der Waals surface area contributed by atoms with Crippen LogP contribution in [-0.2, 0) is 15.4 Å². The third kappa shape index (κ3) is 6.07. The van der Waals surface area contributed by atoms with Crippen LogP contribution in [0.15, 0.2) is 48.5 Å². The van der Waals surface area contributed by atoms with Crippen LogP contribution in [0.1, 0.15) is 48.0 Å². The van der Waals surface area contributed by atoms with Crippen molar-refractivity contribution in [3.63, 3.8) is 0 Å². The number of benzene rings is 2. The maximum absolute atomic E-state index is 13.4. The van der Waals surface area contributed by atoms with Crippen molar-refractivity contribution in [1.82, 2.24) is 14.1 Å². The molecule has 0 bridgehead atoms. The summed E-state index contributed by atoms with van der Waals surface area (Å²) in [4.78, 5) is 17.9. The van der Waals surface area contributed by atoms with Gasteiger partial charge in [0.1, 0.15) is 0 Å². The standard InChI is InChI=1S/C29H37Cl2N3O3S/c1-38(36,37)34-19-24(20-34)22-10-15-32(16-11-22)17-13-29(25-8-9-26(30)27(31)18-25)12-5-14-33(21-29)28(35)23-6-3-2-4-7-23/h2-4,6-9,18,22,24H,5,10-17,19-21H2,1H3. The Bertz CT molecular complexity index is 1240. The maximum atomic E-state index is 13.4. The molecule has 3 aliphatic rings. The fraction of sp³-hybridized carbons (Fsp3) is 0.552. The largest absolute Gasteiger partial charge is 0.338 e. The summed E-state index contributed by atoms with van der Waals surface area (Å²) in [6.07, 6.45) is 6.42. The monoisotopic (exact) mass is 577 g/mol. The number of hydrogen-bond acceptors (Lipinski definition) is 4. The quantitative estimate of drug-likeness (QED) is 0.456. The van der Waals surface area contributed by atoms with Gasteiger partial charge in [-0.2, -0.15) is 0 Å². The normalized spacial score (nSPS) is 24.3. The summed E-state index contributed by atoms with van der Waals surface area (Å²) in [5, 5.41) is 1.10. The Balaban J connectivity index is 1.26. The highest BCUT2D eigenvalue weighted by atomic mass is 35.5. The molecule has 3 saturated heterocycles. The van der Waals surface area contributed by atoms with Gasteiger partial charge in [0.15, 0.2) is 0 Å². The first-order valence-corrected chi connectivity index (χ1v) is 16.2. The van der Waals surface area contributed by atoms with Crippen LogP contribution in [0.5, 0.6) is 0 Å². The summed E-state index contributed by atoms with van der Waals surface area (Å²) < 4.78 is 25.1. The number of sulfonamides is 1. The number of nitrogens with zero attached hydrogens (tertiary/aromatic N) is 3. The molecule has 2 aromatic rings. The van der Waals surface area contributed by atoms with Gasteiger partial charge in [0.25, 0.3) is 5.91 Å². The molecule has 0 saturated carbocycles. The fourth-order valence-electron chi connectivity index (χ4n) is 6.54. The van der Waals surface area contributed by atoms with Crippen LogP contribution in [0.25, 0.3) is 0 Å². The maximum Gasteiger partial charge on any atom is 0.253 e. The van der Waals surface area contributed by atoms with Crippen LogP contribution < -0.4 is 0 Å². The molecular formula is C29H37Cl2N3O3S. The van der Waals surface area contributed by atoms with Gasteiger partial charge in [-0.05, 0) is 93.4 Å². The van der Waals surface area contributed by atoms with Crippen molar-refractivity contribution >= 4 is 39.1 Å². The number of carbonyl (C=O) groups excluding carboxylic acids is 1. The molecule has 1 atom stereocenters. The average Bonchev–Trinajstić information content (AvgIpc) is 2.88. The highest BCUT2D eigenvalue weighted by Gasteiger charge is 2.41. The van der Waals surface area contributed by atoms with Crippen molar-refractivity contribution in [2.75, 3.05) is 52.1 Å². The molecule has 0 spiro atoms. The number of rotatable bonds is 7. The second-order valence-corrected chi connectivity index (χ2v) is 14.2. The smallest absolute Gasteiger partial charge is 0.253 e. The second-order valence-electron chi connectivity index (χ2n) is 11.4. The number of likely N-dealkylation sites (tertiary alicyclic amines) is 2. The first-order valence-electron chi connectivity index (χ1n) is 13.6. The van der Waals surface area contributed by atoms with Gasteiger partial charge in [0.2, 0.25) is 10.0 Å². The first-order chi connectivity index (χ1) is 18.1. The molecule has 0 N–H and O–H groups in total. The van der Waals surface area contributed by atoms with E-state index in [1.54, 1.807) is 4.31 Å². The highest BCUT2D eigenvalue weighted by Crippen LogP contribution is 2.41. The van der Waals surface area contributed by atoms with E-state index in [0.717, 1.165) is 69.4 Å². The van der Waals surface area contributed by atoms with Crippen LogP contribution >= 0.6 is 23.2 Å². The molecule has 0 radical (unpaired) electrons. The third-order valence-corrected chi connectivity index (χ3v) is 10.9. The SMILES string of the molecule is CS(=O)(=O)N1CC(C2CCN(CCC3(c4ccc(Cl)c(Cl)c4)CCCN(C(=O)c4ccccc4)C3)CC2)C1. The minimum Gasteiger partial charge on any atom is -0.338 e. The van der Waals surface area contributed by atoms with Gasteiger partial charge < -0.3 is 9.80 Å². The Morgan fingerprint density at radius 3 is 2.34 bits per heavy atom. The zero-order valence-corrected chi connectivity index (χ0v) is 24.3. The summed E-state index contributed by atoms with van der Waals surface area (Å²) >= 11 is 12.7. The lowest BCUT2D eigenvalue weighted by atomic mass is 9.71. The summed E-state index contributed by atoms with van der Waals surface area (Å²) in [5.74, 6) is 1.17. The van der Waals surface area contributed by atoms with Gasteiger partial charge in [-0.15, -0.1) is 0 Å². The Hall–Kier alpha value is -1.64. The minimum absolute atomic E-state index is 0.0826. The van der Waals surface area contributed by atoms with Crippen LogP contribution in [0.3, 0.4) is 0 Å². The van der Waals surface area contributed by atoms with E-state index in [-0.39, 0.29) is 11.3 Å². The highest BCUT2D eigenvalue weighted by molar-refractivity contribution is 7.88. The molecule has 3 fully saturated rings. The zero-order chi connectivity index (χ0) is 26.9. The first kappa shape index (κ1) is 27.9. The molecule has 3 aliphatic heterocycles. The number of piperidine rings is 2. The number of amides is 1. The summed E-state index contributed by atoms with van der Waals surface area (Å²) in [7, 11) is -3.06. The Morgan fingerprint density at radius 1 is 0.974 bits per heavy atom. The van der Waals surface area contributed by atoms with E-state index in [0.29, 0.717) is 41.5 Å². The summed E-state index contributed by atoms with van der Waals surface area (Å²) in [6, 6.07) is 15.5. The van der Waals surface area contributed by atoms with Crippen molar-refractivity contribution in [1.29, 1.82) is 0 Å².